The van der Waals surface area contributed by atoms with Crippen molar-refractivity contribution in [1.82, 2.24) is 9.78 Å². The predicted molar refractivity (Wildman–Crippen MR) is 160 cm³/mol. The van der Waals surface area contributed by atoms with E-state index in [1.54, 1.807) is 18.2 Å². The molecule has 4 aromatic carbocycles. The summed E-state index contributed by atoms with van der Waals surface area (Å²) in [4.78, 5) is 22.6. The van der Waals surface area contributed by atoms with E-state index in [2.05, 4.69) is 24.2 Å². The third-order valence-corrected chi connectivity index (χ3v) is 7.71. The van der Waals surface area contributed by atoms with E-state index in [0.29, 0.717) is 51.3 Å². The molecule has 0 spiro atoms. The van der Waals surface area contributed by atoms with E-state index in [4.69, 9.17) is 37.4 Å². The molecule has 0 unspecified atom stereocenters. The molecule has 0 aliphatic rings. The van der Waals surface area contributed by atoms with Gasteiger partial charge < -0.3 is 14.2 Å². The van der Waals surface area contributed by atoms with Gasteiger partial charge in [0.1, 0.15) is 23.9 Å². The van der Waals surface area contributed by atoms with Gasteiger partial charge in [0.05, 0.1) is 48.6 Å². The highest BCUT2D eigenvalue weighted by Gasteiger charge is 2.16. The molecule has 41 heavy (non-hydrogen) atoms. The Morgan fingerprint density at radius 3 is 2.17 bits per heavy atom. The van der Waals surface area contributed by atoms with Crippen LogP contribution in [-0.2, 0) is 13.2 Å². The van der Waals surface area contributed by atoms with Crippen LogP contribution in [0.3, 0.4) is 0 Å². The summed E-state index contributed by atoms with van der Waals surface area (Å²) in [5.41, 5.74) is 6.59. The minimum absolute atomic E-state index is 0.273. The number of aromatic nitrogens is 2. The van der Waals surface area contributed by atoms with Gasteiger partial charge >= 0.3 is 0 Å². The molecule has 1 heterocycles. The molecule has 0 fully saturated rings. The second kappa shape index (κ2) is 12.0. The van der Waals surface area contributed by atoms with E-state index < -0.39 is 0 Å². The largest absolute Gasteiger partial charge is 0.496 e. The number of hydrogen-bond acceptors (Lipinski definition) is 6. The van der Waals surface area contributed by atoms with E-state index >= 15 is 0 Å². The van der Waals surface area contributed by atoms with Gasteiger partial charge in [0.2, 0.25) is 0 Å². The van der Waals surface area contributed by atoms with E-state index in [9.17, 15) is 9.59 Å². The van der Waals surface area contributed by atoms with Crippen LogP contribution in [0.15, 0.2) is 66.9 Å². The summed E-state index contributed by atoms with van der Waals surface area (Å²) in [5, 5.41) is 6.44. The zero-order chi connectivity index (χ0) is 29.1. The van der Waals surface area contributed by atoms with Crippen LogP contribution < -0.4 is 14.2 Å². The van der Waals surface area contributed by atoms with Gasteiger partial charge in [-0.1, -0.05) is 53.5 Å². The standard InChI is InChI=1S/C32H26Cl2N2O5/c1-19-20(18-41-32-13-31(40-3)23(17-38)11-28(32)34)6-4-7-24(19)25-8-5-9-29-26(25)14-35-36(29)15-21-12-30(39-2)22(16-37)10-27(21)33/h4-14,16-17H,15,18H2,1-3H3. The van der Waals surface area contributed by atoms with Crippen molar-refractivity contribution in [2.24, 2.45) is 0 Å². The quantitative estimate of drug-likeness (QED) is 0.156. The number of fused-ring (bicyclic) bond motifs is 1. The van der Waals surface area contributed by atoms with Gasteiger partial charge in [-0.05, 0) is 59.0 Å². The van der Waals surface area contributed by atoms with Crippen molar-refractivity contribution in [2.75, 3.05) is 14.2 Å². The highest BCUT2D eigenvalue weighted by Crippen LogP contribution is 2.35. The van der Waals surface area contributed by atoms with Crippen LogP contribution in [0.1, 0.15) is 37.4 Å². The lowest BCUT2D eigenvalue weighted by molar-refractivity contribution is 0.111. The van der Waals surface area contributed by atoms with Crippen LogP contribution in [0.5, 0.6) is 17.2 Å². The number of methoxy groups -OCH3 is 2. The Hall–Kier alpha value is -4.33. The summed E-state index contributed by atoms with van der Waals surface area (Å²) in [6, 6.07) is 18.7. The summed E-state index contributed by atoms with van der Waals surface area (Å²) in [7, 11) is 3.01. The van der Waals surface area contributed by atoms with E-state index in [1.165, 1.54) is 20.3 Å². The lowest BCUT2D eigenvalue weighted by Crippen LogP contribution is -2.03. The van der Waals surface area contributed by atoms with Crippen LogP contribution in [0, 0.1) is 6.92 Å². The fourth-order valence-corrected chi connectivity index (χ4v) is 5.30. The van der Waals surface area contributed by atoms with Gasteiger partial charge in [0, 0.05) is 16.5 Å². The minimum atomic E-state index is 0.273. The van der Waals surface area contributed by atoms with Crippen LogP contribution in [0.25, 0.3) is 22.0 Å². The Labute approximate surface area is 247 Å². The average molecular weight is 589 g/mol. The number of rotatable bonds is 10. The lowest BCUT2D eigenvalue weighted by atomic mass is 9.94. The topological polar surface area (TPSA) is 79.7 Å². The molecule has 5 rings (SSSR count). The third-order valence-electron chi connectivity index (χ3n) is 7.06. The highest BCUT2D eigenvalue weighted by molar-refractivity contribution is 6.32. The number of carbonyl (C=O) groups is 2. The second-order valence-electron chi connectivity index (χ2n) is 9.36. The summed E-state index contributed by atoms with van der Waals surface area (Å²) in [6.07, 6.45) is 3.26. The summed E-state index contributed by atoms with van der Waals surface area (Å²) >= 11 is 12.8. The Bertz CT molecular complexity index is 1780. The molecule has 208 valence electrons. The smallest absolute Gasteiger partial charge is 0.153 e. The molecule has 7 nitrogen and oxygen atoms in total. The van der Waals surface area contributed by atoms with E-state index in [-0.39, 0.29) is 6.61 Å². The zero-order valence-corrected chi connectivity index (χ0v) is 24.1. The Morgan fingerprint density at radius 2 is 1.46 bits per heavy atom. The van der Waals surface area contributed by atoms with Gasteiger partial charge in [-0.15, -0.1) is 0 Å². The maximum Gasteiger partial charge on any atom is 0.153 e. The van der Waals surface area contributed by atoms with Gasteiger partial charge in [0.25, 0.3) is 0 Å². The fraction of sp³-hybridized carbons (Fsp3) is 0.156. The first kappa shape index (κ1) is 28.2. The number of aldehydes is 2. The number of benzene rings is 4. The minimum Gasteiger partial charge on any atom is -0.496 e. The number of hydrogen-bond donors (Lipinski definition) is 0. The zero-order valence-electron chi connectivity index (χ0n) is 22.6. The summed E-state index contributed by atoms with van der Waals surface area (Å²) in [6.45, 7) is 2.73. The van der Waals surface area contributed by atoms with Crippen molar-refractivity contribution >= 4 is 46.7 Å². The fourth-order valence-electron chi connectivity index (χ4n) is 4.84. The molecule has 0 N–H and O–H groups in total. The average Bonchev–Trinajstić information content (AvgIpc) is 3.40. The van der Waals surface area contributed by atoms with E-state index in [1.807, 2.05) is 35.1 Å². The first-order chi connectivity index (χ1) is 19.9. The third kappa shape index (κ3) is 5.51. The SMILES string of the molecule is COc1cc(Cn2ncc3c(-c4cccc(COc5cc(OC)c(C=O)cc5Cl)c4C)cccc32)c(Cl)cc1C=O. The molecule has 0 bridgehead atoms. The molecule has 0 saturated heterocycles. The lowest BCUT2D eigenvalue weighted by Gasteiger charge is -2.15. The molecule has 5 aromatic rings. The summed E-state index contributed by atoms with van der Waals surface area (Å²) < 4.78 is 18.6. The normalized spacial score (nSPS) is 11.0. The van der Waals surface area contributed by atoms with Gasteiger partial charge in [0.15, 0.2) is 12.6 Å². The number of ether oxygens (including phenoxy) is 3. The van der Waals surface area contributed by atoms with Crippen molar-refractivity contribution in [3.63, 3.8) is 0 Å². The molecule has 9 heteroatoms. The molecule has 0 aliphatic carbocycles. The van der Waals surface area contributed by atoms with Gasteiger partial charge in [-0.2, -0.15) is 5.10 Å². The van der Waals surface area contributed by atoms with Crippen LogP contribution in [0.2, 0.25) is 10.0 Å². The first-order valence-electron chi connectivity index (χ1n) is 12.7. The van der Waals surface area contributed by atoms with Crippen LogP contribution in [-0.4, -0.2) is 36.6 Å². The van der Waals surface area contributed by atoms with Crippen molar-refractivity contribution in [2.45, 2.75) is 20.1 Å². The first-order valence-corrected chi connectivity index (χ1v) is 13.4. The predicted octanol–water partition coefficient (Wildman–Crippen LogP) is 7.59. The molecule has 0 amide bonds. The maximum atomic E-state index is 11.4. The number of carbonyl (C=O) groups excluding carboxylic acids is 2. The molecule has 1 aromatic heterocycles. The summed E-state index contributed by atoms with van der Waals surface area (Å²) in [5.74, 6) is 1.29. The molecule has 0 saturated carbocycles. The molecular formula is C32H26Cl2N2O5. The van der Waals surface area contributed by atoms with E-state index in [0.717, 1.165) is 45.0 Å². The number of nitrogens with zero attached hydrogens (tertiary/aromatic N) is 2. The van der Waals surface area contributed by atoms with Crippen LogP contribution >= 0.6 is 23.2 Å². The number of halogens is 2. The van der Waals surface area contributed by atoms with Gasteiger partial charge in [-0.3, -0.25) is 14.3 Å². The Morgan fingerprint density at radius 1 is 0.805 bits per heavy atom. The molecule has 0 atom stereocenters. The Balaban J connectivity index is 1.46. The Kier molecular flexibility index (Phi) is 8.28. The molecule has 0 radical (unpaired) electrons. The van der Waals surface area contributed by atoms with Crippen molar-refractivity contribution in [1.29, 1.82) is 0 Å². The van der Waals surface area contributed by atoms with Crippen molar-refractivity contribution in [3.05, 3.63) is 105 Å². The van der Waals surface area contributed by atoms with Crippen molar-refractivity contribution < 1.29 is 23.8 Å². The van der Waals surface area contributed by atoms with Gasteiger partial charge in [-0.25, -0.2) is 0 Å². The maximum absolute atomic E-state index is 11.4. The van der Waals surface area contributed by atoms with Crippen LogP contribution in [0.4, 0.5) is 0 Å². The second-order valence-corrected chi connectivity index (χ2v) is 10.2. The highest BCUT2D eigenvalue weighted by atomic mass is 35.5. The monoisotopic (exact) mass is 588 g/mol. The molecule has 0 aliphatic heterocycles. The van der Waals surface area contributed by atoms with Crippen molar-refractivity contribution in [3.8, 4) is 28.4 Å². The molecular weight excluding hydrogens is 563 g/mol.